The molecule has 0 bridgehead atoms. The highest BCUT2D eigenvalue weighted by Gasteiger charge is 2.25. The maximum atomic E-state index is 11.7. The van der Waals surface area contributed by atoms with Gasteiger partial charge in [-0.05, 0) is 24.7 Å². The Kier molecular flexibility index (Phi) is 11.6. The highest BCUT2D eigenvalue weighted by molar-refractivity contribution is 14.0. The monoisotopic (exact) mass is 440 g/mol. The van der Waals surface area contributed by atoms with Gasteiger partial charge in [-0.25, -0.2) is 4.99 Å². The number of guanidine groups is 1. The number of likely N-dealkylation sites (tertiary alicyclic amines) is 1. The number of carbonyl (C=O) groups is 1. The van der Waals surface area contributed by atoms with Crippen LogP contribution in [0.5, 0.6) is 0 Å². The fourth-order valence-corrected chi connectivity index (χ4v) is 2.70. The van der Waals surface area contributed by atoms with Crippen molar-refractivity contribution >= 4 is 35.8 Å². The summed E-state index contributed by atoms with van der Waals surface area (Å²) < 4.78 is 5.08. The van der Waals surface area contributed by atoms with Crippen LogP contribution in [-0.2, 0) is 9.53 Å². The number of ether oxygens (including phenoxy) is 1. The van der Waals surface area contributed by atoms with Crippen LogP contribution < -0.4 is 5.32 Å². The molecule has 1 rings (SSSR count). The van der Waals surface area contributed by atoms with Gasteiger partial charge in [0.2, 0.25) is 5.91 Å². The lowest BCUT2D eigenvalue weighted by molar-refractivity contribution is -0.127. The molecule has 0 radical (unpaired) electrons. The van der Waals surface area contributed by atoms with Gasteiger partial charge in [-0.15, -0.1) is 24.0 Å². The van der Waals surface area contributed by atoms with Crippen molar-refractivity contribution in [2.45, 2.75) is 26.7 Å². The topological polar surface area (TPSA) is 57.2 Å². The molecule has 1 saturated heterocycles. The first-order valence-corrected chi connectivity index (χ1v) is 8.16. The van der Waals surface area contributed by atoms with E-state index >= 15 is 0 Å². The largest absolute Gasteiger partial charge is 0.383 e. The average molecular weight is 440 g/mol. The molecule has 0 aromatic heterocycles. The molecule has 1 fully saturated rings. The number of likely N-dealkylation sites (N-methyl/N-ethyl adjacent to an activating group) is 1. The lowest BCUT2D eigenvalue weighted by Crippen LogP contribution is -2.42. The van der Waals surface area contributed by atoms with E-state index in [1.54, 1.807) is 26.1 Å². The van der Waals surface area contributed by atoms with E-state index in [2.05, 4.69) is 29.1 Å². The molecule has 136 valence electrons. The summed E-state index contributed by atoms with van der Waals surface area (Å²) in [4.78, 5) is 20.1. The van der Waals surface area contributed by atoms with Crippen LogP contribution in [0.1, 0.15) is 26.7 Å². The summed E-state index contributed by atoms with van der Waals surface area (Å²) in [5, 5.41) is 3.31. The smallest absolute Gasteiger partial charge is 0.243 e. The van der Waals surface area contributed by atoms with Crippen molar-refractivity contribution < 1.29 is 9.53 Å². The molecular formula is C16H33IN4O2. The maximum absolute atomic E-state index is 11.7. The van der Waals surface area contributed by atoms with E-state index in [9.17, 15) is 4.79 Å². The summed E-state index contributed by atoms with van der Waals surface area (Å²) in [7, 11) is 5.19. The summed E-state index contributed by atoms with van der Waals surface area (Å²) in [6, 6.07) is 0. The molecule has 0 aliphatic carbocycles. The Morgan fingerprint density at radius 2 is 2.13 bits per heavy atom. The lowest BCUT2D eigenvalue weighted by atomic mass is 9.97. The molecule has 1 aliphatic heterocycles. The Bertz CT molecular complexity index is 375. The summed E-state index contributed by atoms with van der Waals surface area (Å²) in [6.45, 7) is 8.09. The van der Waals surface area contributed by atoms with Gasteiger partial charge < -0.3 is 19.9 Å². The normalized spacial score (nSPS) is 18.1. The van der Waals surface area contributed by atoms with Crippen LogP contribution in [0.15, 0.2) is 4.99 Å². The molecule has 1 unspecified atom stereocenters. The number of methoxy groups -OCH3 is 1. The van der Waals surface area contributed by atoms with Crippen molar-refractivity contribution in [2.24, 2.45) is 16.8 Å². The second-order valence-electron chi connectivity index (χ2n) is 6.58. The second kappa shape index (κ2) is 11.9. The van der Waals surface area contributed by atoms with E-state index < -0.39 is 0 Å². The first kappa shape index (κ1) is 22.4. The molecule has 1 amide bonds. The van der Waals surface area contributed by atoms with Gasteiger partial charge in [0, 0.05) is 40.8 Å². The molecule has 1 N–H and O–H groups in total. The first-order chi connectivity index (χ1) is 10.4. The maximum Gasteiger partial charge on any atom is 0.243 e. The van der Waals surface area contributed by atoms with Crippen LogP contribution in [0.2, 0.25) is 0 Å². The van der Waals surface area contributed by atoms with Gasteiger partial charge in [-0.3, -0.25) is 4.79 Å². The van der Waals surface area contributed by atoms with Crippen molar-refractivity contribution in [3.63, 3.8) is 0 Å². The quantitative estimate of drug-likeness (QED) is 0.283. The number of hydrogen-bond donors (Lipinski definition) is 1. The van der Waals surface area contributed by atoms with Crippen LogP contribution in [0.4, 0.5) is 0 Å². The van der Waals surface area contributed by atoms with Crippen molar-refractivity contribution in [2.75, 3.05) is 54.0 Å². The average Bonchev–Trinajstić information content (AvgIpc) is 2.89. The van der Waals surface area contributed by atoms with Crippen LogP contribution in [-0.4, -0.2) is 75.7 Å². The van der Waals surface area contributed by atoms with Crippen LogP contribution in [0.25, 0.3) is 0 Å². The van der Waals surface area contributed by atoms with E-state index in [0.29, 0.717) is 13.2 Å². The molecule has 0 saturated carbocycles. The molecule has 1 heterocycles. The van der Waals surface area contributed by atoms with Crippen LogP contribution in [0.3, 0.4) is 0 Å². The SMILES string of the molecule is COCCNC(=NCC(=O)N(C)C)N1CCC(CC(C)C)C1.I. The summed E-state index contributed by atoms with van der Waals surface area (Å²) >= 11 is 0. The van der Waals surface area contributed by atoms with E-state index in [-0.39, 0.29) is 36.4 Å². The molecule has 23 heavy (non-hydrogen) atoms. The van der Waals surface area contributed by atoms with Crippen molar-refractivity contribution in [3.8, 4) is 0 Å². The number of nitrogens with one attached hydrogen (secondary N) is 1. The minimum atomic E-state index is 0. The van der Waals surface area contributed by atoms with Crippen LogP contribution >= 0.6 is 24.0 Å². The zero-order valence-electron chi connectivity index (χ0n) is 15.2. The van der Waals surface area contributed by atoms with Gasteiger partial charge in [-0.1, -0.05) is 13.8 Å². The molecule has 7 heteroatoms. The Morgan fingerprint density at radius 3 is 2.70 bits per heavy atom. The molecule has 0 spiro atoms. The third-order valence-electron chi connectivity index (χ3n) is 3.84. The molecule has 0 aromatic rings. The molecule has 0 aromatic carbocycles. The molecule has 1 aliphatic rings. The van der Waals surface area contributed by atoms with Gasteiger partial charge in [0.25, 0.3) is 0 Å². The number of rotatable bonds is 7. The van der Waals surface area contributed by atoms with Crippen molar-refractivity contribution in [1.82, 2.24) is 15.1 Å². The fourth-order valence-electron chi connectivity index (χ4n) is 2.70. The third-order valence-corrected chi connectivity index (χ3v) is 3.84. The van der Waals surface area contributed by atoms with E-state index in [4.69, 9.17) is 4.74 Å². The standard InChI is InChI=1S/C16H32N4O2.HI/c1-13(2)10-14-6-8-20(12-14)16(17-7-9-22-5)18-11-15(21)19(3)4;/h13-14H,6-12H2,1-5H3,(H,17,18);1H. The number of carbonyl (C=O) groups excluding carboxylic acids is 1. The predicted octanol–water partition coefficient (Wildman–Crippen LogP) is 1.65. The van der Waals surface area contributed by atoms with E-state index in [1.807, 2.05) is 0 Å². The summed E-state index contributed by atoms with van der Waals surface area (Å²) in [6.07, 6.45) is 2.45. The Balaban J connectivity index is 0.00000484. The van der Waals surface area contributed by atoms with Crippen LogP contribution in [0, 0.1) is 11.8 Å². The summed E-state index contributed by atoms with van der Waals surface area (Å²) in [5.41, 5.74) is 0. The number of hydrogen-bond acceptors (Lipinski definition) is 3. The zero-order valence-corrected chi connectivity index (χ0v) is 17.5. The molecule has 6 nitrogen and oxygen atoms in total. The highest BCUT2D eigenvalue weighted by atomic mass is 127. The lowest BCUT2D eigenvalue weighted by Gasteiger charge is -2.22. The van der Waals surface area contributed by atoms with Gasteiger partial charge in [0.15, 0.2) is 5.96 Å². The van der Waals surface area contributed by atoms with Gasteiger partial charge in [0.1, 0.15) is 6.54 Å². The van der Waals surface area contributed by atoms with Crippen molar-refractivity contribution in [3.05, 3.63) is 0 Å². The molecule has 1 atom stereocenters. The predicted molar refractivity (Wildman–Crippen MR) is 105 cm³/mol. The number of aliphatic imine (C=N–C) groups is 1. The Hall–Kier alpha value is -0.570. The minimum absolute atomic E-state index is 0. The number of halogens is 1. The Morgan fingerprint density at radius 1 is 1.43 bits per heavy atom. The summed E-state index contributed by atoms with van der Waals surface area (Å²) in [5.74, 6) is 2.29. The second-order valence-corrected chi connectivity index (χ2v) is 6.58. The van der Waals surface area contributed by atoms with Gasteiger partial charge in [-0.2, -0.15) is 0 Å². The van der Waals surface area contributed by atoms with Gasteiger partial charge in [0.05, 0.1) is 6.61 Å². The Labute approximate surface area is 158 Å². The van der Waals surface area contributed by atoms with Crippen molar-refractivity contribution in [1.29, 1.82) is 0 Å². The first-order valence-electron chi connectivity index (χ1n) is 8.16. The number of amides is 1. The van der Waals surface area contributed by atoms with E-state index in [1.165, 1.54) is 12.8 Å². The molecular weight excluding hydrogens is 407 g/mol. The third kappa shape index (κ3) is 8.74. The van der Waals surface area contributed by atoms with E-state index in [0.717, 1.165) is 30.9 Å². The minimum Gasteiger partial charge on any atom is -0.383 e. The van der Waals surface area contributed by atoms with Gasteiger partial charge >= 0.3 is 0 Å². The fraction of sp³-hybridized carbons (Fsp3) is 0.875. The highest BCUT2D eigenvalue weighted by Crippen LogP contribution is 2.23. The number of nitrogens with zero attached hydrogens (tertiary/aromatic N) is 3. The zero-order chi connectivity index (χ0) is 16.5.